The third kappa shape index (κ3) is 3.80. The molecular weight excluding hydrogens is 384 g/mol. The Hall–Kier alpha value is -3.92. The van der Waals surface area contributed by atoms with Crippen molar-refractivity contribution < 1.29 is 9.15 Å². The second kappa shape index (κ2) is 8.44. The molecule has 0 aliphatic rings. The van der Waals surface area contributed by atoms with E-state index in [1.54, 1.807) is 19.5 Å². The van der Waals surface area contributed by atoms with Crippen molar-refractivity contribution in [1.82, 2.24) is 9.97 Å². The van der Waals surface area contributed by atoms with E-state index in [9.17, 15) is 0 Å². The predicted octanol–water partition coefficient (Wildman–Crippen LogP) is 6.27. The van der Waals surface area contributed by atoms with Crippen molar-refractivity contribution in [2.45, 2.75) is 12.3 Å². The molecule has 152 valence electrons. The maximum Gasteiger partial charge on any atom is 0.176 e. The molecule has 5 rings (SSSR count). The van der Waals surface area contributed by atoms with Gasteiger partial charge in [0.15, 0.2) is 11.3 Å². The van der Waals surface area contributed by atoms with Gasteiger partial charge in [0.25, 0.3) is 0 Å². The SMILES string of the molecule is COc1ccc(C(Cc2ccncc2)c2ccccc2)c2cc(-c3ccncc3)oc12. The van der Waals surface area contributed by atoms with Gasteiger partial charge in [-0.25, -0.2) is 0 Å². The van der Waals surface area contributed by atoms with Crippen LogP contribution in [0.1, 0.15) is 22.6 Å². The molecule has 2 aromatic carbocycles. The molecule has 31 heavy (non-hydrogen) atoms. The van der Waals surface area contributed by atoms with Gasteiger partial charge in [-0.15, -0.1) is 0 Å². The van der Waals surface area contributed by atoms with Crippen LogP contribution in [0.3, 0.4) is 0 Å². The van der Waals surface area contributed by atoms with Crippen molar-refractivity contribution in [1.29, 1.82) is 0 Å². The third-order valence-electron chi connectivity index (χ3n) is 5.63. The Morgan fingerprint density at radius 2 is 1.55 bits per heavy atom. The number of hydrogen-bond donors (Lipinski definition) is 0. The van der Waals surface area contributed by atoms with Gasteiger partial charge in [-0.1, -0.05) is 36.4 Å². The van der Waals surface area contributed by atoms with E-state index < -0.39 is 0 Å². The van der Waals surface area contributed by atoms with Gasteiger partial charge in [0, 0.05) is 41.7 Å². The molecule has 0 saturated heterocycles. The second-order valence-electron chi connectivity index (χ2n) is 7.47. The third-order valence-corrected chi connectivity index (χ3v) is 5.63. The molecule has 3 aromatic heterocycles. The van der Waals surface area contributed by atoms with Crippen LogP contribution in [0.2, 0.25) is 0 Å². The number of pyridine rings is 2. The molecule has 4 heteroatoms. The maximum absolute atomic E-state index is 6.29. The van der Waals surface area contributed by atoms with E-state index in [0.717, 1.165) is 34.5 Å². The first-order valence-corrected chi connectivity index (χ1v) is 10.3. The monoisotopic (exact) mass is 406 g/mol. The summed E-state index contributed by atoms with van der Waals surface area (Å²) in [5.41, 5.74) is 5.47. The first-order valence-electron chi connectivity index (χ1n) is 10.3. The number of hydrogen-bond acceptors (Lipinski definition) is 4. The Bertz CT molecular complexity index is 1280. The molecular formula is C27H22N2O2. The van der Waals surface area contributed by atoms with Crippen LogP contribution in [0.15, 0.2) is 102 Å². The van der Waals surface area contributed by atoms with Crippen molar-refractivity contribution in [3.8, 4) is 17.1 Å². The minimum Gasteiger partial charge on any atom is -0.493 e. The van der Waals surface area contributed by atoms with Gasteiger partial charge < -0.3 is 9.15 Å². The van der Waals surface area contributed by atoms with Crippen LogP contribution in [0.4, 0.5) is 0 Å². The van der Waals surface area contributed by atoms with E-state index in [4.69, 9.17) is 9.15 Å². The molecule has 4 nitrogen and oxygen atoms in total. The highest BCUT2D eigenvalue weighted by atomic mass is 16.5. The second-order valence-corrected chi connectivity index (χ2v) is 7.47. The molecule has 0 fully saturated rings. The molecule has 0 aliphatic heterocycles. The van der Waals surface area contributed by atoms with Gasteiger partial charge in [0.1, 0.15) is 5.76 Å². The molecule has 0 aliphatic carbocycles. The summed E-state index contributed by atoms with van der Waals surface area (Å²) in [4.78, 5) is 8.29. The highest BCUT2D eigenvalue weighted by Gasteiger charge is 2.22. The summed E-state index contributed by atoms with van der Waals surface area (Å²) in [6, 6.07) is 24.9. The number of nitrogens with zero attached hydrogens (tertiary/aromatic N) is 2. The van der Waals surface area contributed by atoms with Crippen molar-refractivity contribution in [3.63, 3.8) is 0 Å². The number of furan rings is 1. The molecule has 5 aromatic rings. The Morgan fingerprint density at radius 3 is 2.26 bits per heavy atom. The molecule has 3 heterocycles. The molecule has 0 spiro atoms. The summed E-state index contributed by atoms with van der Waals surface area (Å²) >= 11 is 0. The molecule has 1 atom stereocenters. The zero-order valence-electron chi connectivity index (χ0n) is 17.2. The summed E-state index contributed by atoms with van der Waals surface area (Å²) in [6.07, 6.45) is 8.11. The fourth-order valence-electron chi connectivity index (χ4n) is 4.09. The number of fused-ring (bicyclic) bond motifs is 1. The van der Waals surface area contributed by atoms with Gasteiger partial charge in [-0.2, -0.15) is 0 Å². The topological polar surface area (TPSA) is 48.2 Å². The van der Waals surface area contributed by atoms with E-state index in [2.05, 4.69) is 64.6 Å². The number of ether oxygens (including phenoxy) is 1. The van der Waals surface area contributed by atoms with Crippen molar-refractivity contribution in [3.05, 3.63) is 114 Å². The Balaban J connectivity index is 1.69. The predicted molar refractivity (Wildman–Crippen MR) is 122 cm³/mol. The molecule has 0 N–H and O–H groups in total. The number of benzene rings is 2. The smallest absolute Gasteiger partial charge is 0.176 e. The van der Waals surface area contributed by atoms with Gasteiger partial charge in [0.05, 0.1) is 7.11 Å². The normalized spacial score (nSPS) is 12.0. The highest BCUT2D eigenvalue weighted by molar-refractivity contribution is 5.91. The largest absolute Gasteiger partial charge is 0.493 e. The van der Waals surface area contributed by atoms with Crippen LogP contribution in [0.5, 0.6) is 5.75 Å². The van der Waals surface area contributed by atoms with Crippen molar-refractivity contribution in [2.75, 3.05) is 7.11 Å². The van der Waals surface area contributed by atoms with E-state index in [-0.39, 0.29) is 5.92 Å². The molecule has 0 radical (unpaired) electrons. The van der Waals surface area contributed by atoms with Gasteiger partial charge in [-0.05, 0) is 59.5 Å². The summed E-state index contributed by atoms with van der Waals surface area (Å²) in [5.74, 6) is 1.70. The first-order chi connectivity index (χ1) is 15.3. The number of rotatable bonds is 6. The van der Waals surface area contributed by atoms with Gasteiger partial charge in [-0.3, -0.25) is 9.97 Å². The zero-order valence-corrected chi connectivity index (χ0v) is 17.2. The Labute approximate surface area is 181 Å². The molecule has 1 unspecified atom stereocenters. The standard InChI is InChI=1S/C27H22N2O2/c1-30-25-8-7-22(24-18-26(31-27(24)25)21-11-15-29-16-12-21)23(20-5-3-2-4-6-20)17-19-9-13-28-14-10-19/h2-16,18,23H,17H2,1H3. The van der Waals surface area contributed by atoms with Gasteiger partial charge >= 0.3 is 0 Å². The average molecular weight is 406 g/mol. The van der Waals surface area contributed by atoms with E-state index >= 15 is 0 Å². The minimum absolute atomic E-state index is 0.167. The lowest BCUT2D eigenvalue weighted by Gasteiger charge is -2.19. The fraction of sp³-hybridized carbons (Fsp3) is 0.111. The number of aromatic nitrogens is 2. The summed E-state index contributed by atoms with van der Waals surface area (Å²) in [5, 5.41) is 1.06. The van der Waals surface area contributed by atoms with Crippen LogP contribution >= 0.6 is 0 Å². The van der Waals surface area contributed by atoms with Crippen molar-refractivity contribution in [2.24, 2.45) is 0 Å². The van der Waals surface area contributed by atoms with E-state index in [0.29, 0.717) is 0 Å². The molecule has 0 saturated carbocycles. The summed E-state index contributed by atoms with van der Waals surface area (Å²) < 4.78 is 11.9. The maximum atomic E-state index is 6.29. The zero-order chi connectivity index (χ0) is 21.0. The van der Waals surface area contributed by atoms with Crippen LogP contribution in [-0.4, -0.2) is 17.1 Å². The van der Waals surface area contributed by atoms with Gasteiger partial charge in [0.2, 0.25) is 0 Å². The quantitative estimate of drug-likeness (QED) is 0.333. The van der Waals surface area contributed by atoms with Crippen LogP contribution < -0.4 is 4.74 Å². The lowest BCUT2D eigenvalue weighted by atomic mass is 9.84. The first kappa shape index (κ1) is 19.1. The van der Waals surface area contributed by atoms with Crippen LogP contribution in [0, 0.1) is 0 Å². The highest BCUT2D eigenvalue weighted by Crippen LogP contribution is 2.40. The molecule has 0 bridgehead atoms. The summed E-state index contributed by atoms with van der Waals surface area (Å²) in [7, 11) is 1.68. The number of methoxy groups -OCH3 is 1. The van der Waals surface area contributed by atoms with Crippen molar-refractivity contribution >= 4 is 11.0 Å². The summed E-state index contributed by atoms with van der Waals surface area (Å²) in [6.45, 7) is 0. The minimum atomic E-state index is 0.167. The van der Waals surface area contributed by atoms with E-state index in [1.165, 1.54) is 16.7 Å². The lowest BCUT2D eigenvalue weighted by Crippen LogP contribution is -2.06. The van der Waals surface area contributed by atoms with Crippen LogP contribution in [-0.2, 0) is 6.42 Å². The van der Waals surface area contributed by atoms with E-state index in [1.807, 2.05) is 30.6 Å². The van der Waals surface area contributed by atoms with Crippen LogP contribution in [0.25, 0.3) is 22.3 Å². The lowest BCUT2D eigenvalue weighted by molar-refractivity contribution is 0.410. The average Bonchev–Trinajstić information content (AvgIpc) is 3.30. The Kier molecular flexibility index (Phi) is 5.19. The fourth-order valence-corrected chi connectivity index (χ4v) is 4.09. The molecule has 0 amide bonds. The Morgan fingerprint density at radius 1 is 0.839 bits per heavy atom.